The molecule has 0 aliphatic rings. The van der Waals surface area contributed by atoms with E-state index < -0.39 is 0 Å². The van der Waals surface area contributed by atoms with Gasteiger partial charge in [0.25, 0.3) is 0 Å². The number of thiophene rings is 2. The fraction of sp³-hybridized carbons (Fsp3) is 0.357. The van der Waals surface area contributed by atoms with Gasteiger partial charge in [0.2, 0.25) is 0 Å². The maximum absolute atomic E-state index is 6.17. The quantitative estimate of drug-likeness (QED) is 0.788. The van der Waals surface area contributed by atoms with E-state index >= 15 is 0 Å². The molecule has 0 aliphatic heterocycles. The highest BCUT2D eigenvalue weighted by molar-refractivity contribution is 7.28. The highest BCUT2D eigenvalue weighted by Gasteiger charge is 2.18. The van der Waals surface area contributed by atoms with Crippen molar-refractivity contribution in [2.24, 2.45) is 13.0 Å². The van der Waals surface area contributed by atoms with Gasteiger partial charge in [-0.1, -0.05) is 13.8 Å². The summed E-state index contributed by atoms with van der Waals surface area (Å²) in [6.45, 7) is 4.42. The lowest BCUT2D eigenvalue weighted by Gasteiger charge is -2.05. The largest absolute Gasteiger partial charge is 0.384 e. The molecule has 3 heterocycles. The molecule has 2 N–H and O–H groups in total. The predicted octanol–water partition coefficient (Wildman–Crippen LogP) is 4.14. The van der Waals surface area contributed by atoms with Crippen molar-refractivity contribution in [2.45, 2.75) is 20.3 Å². The number of aromatic nitrogens is 2. The van der Waals surface area contributed by atoms with Crippen molar-refractivity contribution in [3.05, 3.63) is 23.1 Å². The lowest BCUT2D eigenvalue weighted by Crippen LogP contribution is -2.01. The van der Waals surface area contributed by atoms with Crippen LogP contribution < -0.4 is 5.73 Å². The Bertz CT molecular complexity index is 690. The number of rotatable bonds is 3. The molecule has 0 unspecified atom stereocenters. The zero-order valence-electron chi connectivity index (χ0n) is 11.3. The minimum absolute atomic E-state index is 0.575. The van der Waals surface area contributed by atoms with Crippen LogP contribution in [0.15, 0.2) is 17.5 Å². The standard InChI is InChI=1S/C14H17N3S2/c1-8(2)6-9-13(16-17(3)14(9)15)12-7-11-10(19-12)4-5-18-11/h4-5,7-8H,6,15H2,1-3H3. The lowest BCUT2D eigenvalue weighted by molar-refractivity contribution is 0.649. The van der Waals surface area contributed by atoms with Gasteiger partial charge in [-0.15, -0.1) is 22.7 Å². The zero-order valence-corrected chi connectivity index (χ0v) is 12.9. The predicted molar refractivity (Wildman–Crippen MR) is 84.9 cm³/mol. The van der Waals surface area contributed by atoms with E-state index in [-0.39, 0.29) is 0 Å². The Morgan fingerprint density at radius 1 is 1.37 bits per heavy atom. The summed E-state index contributed by atoms with van der Waals surface area (Å²) in [4.78, 5) is 1.23. The zero-order chi connectivity index (χ0) is 13.6. The Balaban J connectivity index is 2.13. The van der Waals surface area contributed by atoms with Crippen molar-refractivity contribution < 1.29 is 0 Å². The highest BCUT2D eigenvalue weighted by Crippen LogP contribution is 2.38. The molecule has 3 rings (SSSR count). The monoisotopic (exact) mass is 291 g/mol. The molecule has 0 amide bonds. The second kappa shape index (κ2) is 4.65. The molecular weight excluding hydrogens is 274 g/mol. The number of fused-ring (bicyclic) bond motifs is 1. The molecule has 0 aliphatic carbocycles. The normalized spacial score (nSPS) is 11.8. The smallest absolute Gasteiger partial charge is 0.125 e. The van der Waals surface area contributed by atoms with Crippen LogP contribution in [0, 0.1) is 5.92 Å². The van der Waals surface area contributed by atoms with Crippen LogP contribution in [-0.4, -0.2) is 9.78 Å². The van der Waals surface area contributed by atoms with Crippen LogP contribution in [0.2, 0.25) is 0 Å². The molecular formula is C14H17N3S2. The van der Waals surface area contributed by atoms with Gasteiger partial charge in [-0.2, -0.15) is 5.10 Å². The van der Waals surface area contributed by atoms with Crippen molar-refractivity contribution in [1.29, 1.82) is 0 Å². The van der Waals surface area contributed by atoms with Crippen molar-refractivity contribution >= 4 is 37.9 Å². The van der Waals surface area contributed by atoms with Crippen LogP contribution in [0.5, 0.6) is 0 Å². The molecule has 3 aromatic heterocycles. The second-order valence-corrected chi connectivity index (χ2v) is 7.23. The van der Waals surface area contributed by atoms with E-state index in [1.54, 1.807) is 27.4 Å². The van der Waals surface area contributed by atoms with E-state index in [4.69, 9.17) is 5.73 Å². The van der Waals surface area contributed by atoms with E-state index in [2.05, 4.69) is 36.5 Å². The number of aryl methyl sites for hydroxylation is 1. The van der Waals surface area contributed by atoms with Crippen molar-refractivity contribution in [3.8, 4) is 10.6 Å². The third-order valence-electron chi connectivity index (χ3n) is 3.18. The minimum atomic E-state index is 0.575. The molecule has 3 nitrogen and oxygen atoms in total. The van der Waals surface area contributed by atoms with Gasteiger partial charge in [0.15, 0.2) is 0 Å². The van der Waals surface area contributed by atoms with E-state index in [9.17, 15) is 0 Å². The van der Waals surface area contributed by atoms with Crippen molar-refractivity contribution in [3.63, 3.8) is 0 Å². The van der Waals surface area contributed by atoms with Gasteiger partial charge in [0.05, 0.1) is 4.88 Å². The second-order valence-electron chi connectivity index (χ2n) is 5.19. The first-order valence-corrected chi connectivity index (χ1v) is 8.04. The van der Waals surface area contributed by atoms with Crippen LogP contribution >= 0.6 is 22.7 Å². The van der Waals surface area contributed by atoms with Gasteiger partial charge >= 0.3 is 0 Å². The summed E-state index contributed by atoms with van der Waals surface area (Å²) in [7, 11) is 1.92. The topological polar surface area (TPSA) is 43.8 Å². The summed E-state index contributed by atoms with van der Waals surface area (Å²) in [5, 5.41) is 6.75. The molecule has 19 heavy (non-hydrogen) atoms. The molecule has 0 saturated carbocycles. The molecule has 0 atom stereocenters. The first-order chi connectivity index (χ1) is 9.06. The van der Waals surface area contributed by atoms with Gasteiger partial charge in [-0.25, -0.2) is 0 Å². The van der Waals surface area contributed by atoms with Gasteiger partial charge in [-0.05, 0) is 29.9 Å². The number of nitrogens with two attached hydrogens (primary N) is 1. The Labute approximate surface area is 120 Å². The number of nitrogens with zero attached hydrogens (tertiary/aromatic N) is 2. The minimum Gasteiger partial charge on any atom is -0.384 e. The fourth-order valence-corrected chi connectivity index (χ4v) is 4.39. The van der Waals surface area contributed by atoms with E-state index in [0.717, 1.165) is 17.9 Å². The average molecular weight is 291 g/mol. The van der Waals surface area contributed by atoms with Gasteiger partial charge < -0.3 is 5.73 Å². The van der Waals surface area contributed by atoms with Crippen LogP contribution in [0.25, 0.3) is 20.0 Å². The third-order valence-corrected chi connectivity index (χ3v) is 5.28. The summed E-state index contributed by atoms with van der Waals surface area (Å²) in [5.41, 5.74) is 8.41. The molecule has 5 heteroatoms. The SMILES string of the molecule is CC(C)Cc1c(-c2cc3sccc3s2)nn(C)c1N. The molecule has 0 bridgehead atoms. The Hall–Kier alpha value is -1.33. The van der Waals surface area contributed by atoms with Crippen molar-refractivity contribution in [1.82, 2.24) is 9.78 Å². The molecule has 0 aromatic carbocycles. The summed E-state index contributed by atoms with van der Waals surface area (Å²) < 4.78 is 4.46. The number of anilines is 1. The Morgan fingerprint density at radius 2 is 2.16 bits per heavy atom. The number of hydrogen-bond acceptors (Lipinski definition) is 4. The Kier molecular flexibility index (Phi) is 3.11. The van der Waals surface area contributed by atoms with E-state index in [1.807, 2.05) is 7.05 Å². The molecule has 3 aromatic rings. The van der Waals surface area contributed by atoms with Gasteiger partial charge in [0.1, 0.15) is 11.5 Å². The highest BCUT2D eigenvalue weighted by atomic mass is 32.1. The fourth-order valence-electron chi connectivity index (χ4n) is 2.27. The molecule has 0 saturated heterocycles. The summed E-state index contributed by atoms with van der Waals surface area (Å²) in [6, 6.07) is 4.40. The van der Waals surface area contributed by atoms with Crippen molar-refractivity contribution in [2.75, 3.05) is 5.73 Å². The summed E-state index contributed by atoms with van der Waals surface area (Å²) in [6.07, 6.45) is 0.973. The molecule has 100 valence electrons. The van der Waals surface area contributed by atoms with Crippen LogP contribution in [0.1, 0.15) is 19.4 Å². The first-order valence-electron chi connectivity index (χ1n) is 6.35. The average Bonchev–Trinajstić information content (AvgIpc) is 2.97. The first kappa shape index (κ1) is 12.7. The number of hydrogen-bond donors (Lipinski definition) is 1. The summed E-state index contributed by atoms with van der Waals surface area (Å²) in [5.74, 6) is 1.37. The van der Waals surface area contributed by atoms with Crippen LogP contribution in [0.3, 0.4) is 0 Å². The van der Waals surface area contributed by atoms with Gasteiger partial charge in [-0.3, -0.25) is 4.68 Å². The Morgan fingerprint density at radius 3 is 2.84 bits per heavy atom. The summed E-state index contributed by atoms with van der Waals surface area (Å²) >= 11 is 3.58. The maximum atomic E-state index is 6.17. The lowest BCUT2D eigenvalue weighted by atomic mass is 10.0. The maximum Gasteiger partial charge on any atom is 0.125 e. The van der Waals surface area contributed by atoms with E-state index in [1.165, 1.54) is 19.8 Å². The van der Waals surface area contributed by atoms with Gasteiger partial charge in [0, 0.05) is 22.0 Å². The molecule has 0 spiro atoms. The third kappa shape index (κ3) is 2.17. The number of nitrogen functional groups attached to an aromatic ring is 1. The molecule has 0 fully saturated rings. The molecule has 0 radical (unpaired) electrons. The van der Waals surface area contributed by atoms with Crippen LogP contribution in [0.4, 0.5) is 5.82 Å². The van der Waals surface area contributed by atoms with E-state index in [0.29, 0.717) is 5.92 Å². The van der Waals surface area contributed by atoms with Crippen LogP contribution in [-0.2, 0) is 13.5 Å².